The van der Waals surface area contributed by atoms with Gasteiger partial charge >= 0.3 is 0 Å². The van der Waals surface area contributed by atoms with Crippen molar-refractivity contribution in [2.24, 2.45) is 0 Å². The lowest BCUT2D eigenvalue weighted by molar-refractivity contribution is -0.142. The molecule has 3 rings (SSSR count). The zero-order valence-corrected chi connectivity index (χ0v) is 12.5. The monoisotopic (exact) mass is 312 g/mol. The number of nitrogens with one attached hydrogen (secondary N) is 1. The van der Waals surface area contributed by atoms with Crippen LogP contribution in [0.5, 0.6) is 0 Å². The fourth-order valence-electron chi connectivity index (χ4n) is 2.44. The second-order valence-corrected chi connectivity index (χ2v) is 5.36. The van der Waals surface area contributed by atoms with E-state index in [9.17, 15) is 14.4 Å². The Labute approximate surface area is 133 Å². The molecule has 23 heavy (non-hydrogen) atoms. The van der Waals surface area contributed by atoms with Crippen molar-refractivity contribution in [3.8, 4) is 11.1 Å². The highest BCUT2D eigenvalue weighted by molar-refractivity contribution is 6.04. The first-order valence-corrected chi connectivity index (χ1v) is 7.35. The van der Waals surface area contributed by atoms with E-state index >= 15 is 0 Å². The number of likely N-dealkylation sites (tertiary alicyclic amines) is 1. The SMILES string of the molecule is O=C(CN1C(=O)CCC1=O)NCc1ccc(-c2ccoc2)cc1. The van der Waals surface area contributed by atoms with Crippen LogP contribution in [0.3, 0.4) is 0 Å². The maximum absolute atomic E-state index is 11.8. The summed E-state index contributed by atoms with van der Waals surface area (Å²) in [5.41, 5.74) is 2.96. The minimum Gasteiger partial charge on any atom is -0.472 e. The van der Waals surface area contributed by atoms with Gasteiger partial charge in [0.25, 0.3) is 0 Å². The molecule has 2 aromatic rings. The molecule has 1 N–H and O–H groups in total. The van der Waals surface area contributed by atoms with Gasteiger partial charge in [-0.2, -0.15) is 0 Å². The Kier molecular flexibility index (Phi) is 4.23. The Bertz CT molecular complexity index is 704. The number of amides is 3. The quantitative estimate of drug-likeness (QED) is 0.852. The first kappa shape index (κ1) is 15.0. The third kappa shape index (κ3) is 3.48. The number of carbonyl (C=O) groups excluding carboxylic acids is 3. The number of nitrogens with zero attached hydrogens (tertiary/aromatic N) is 1. The highest BCUT2D eigenvalue weighted by Crippen LogP contribution is 2.20. The lowest BCUT2D eigenvalue weighted by Gasteiger charge is -2.13. The van der Waals surface area contributed by atoms with E-state index < -0.39 is 0 Å². The van der Waals surface area contributed by atoms with E-state index in [4.69, 9.17) is 4.42 Å². The van der Waals surface area contributed by atoms with Gasteiger partial charge in [-0.3, -0.25) is 19.3 Å². The average molecular weight is 312 g/mol. The van der Waals surface area contributed by atoms with Crippen molar-refractivity contribution >= 4 is 17.7 Å². The van der Waals surface area contributed by atoms with Crippen molar-refractivity contribution < 1.29 is 18.8 Å². The molecule has 1 aromatic carbocycles. The van der Waals surface area contributed by atoms with Crippen LogP contribution in [0.4, 0.5) is 0 Å². The maximum atomic E-state index is 11.8. The van der Waals surface area contributed by atoms with Crippen molar-refractivity contribution in [3.05, 3.63) is 48.4 Å². The van der Waals surface area contributed by atoms with Gasteiger partial charge in [0.1, 0.15) is 6.54 Å². The maximum Gasteiger partial charge on any atom is 0.240 e. The molecule has 1 aliphatic heterocycles. The third-order valence-electron chi connectivity index (χ3n) is 3.75. The molecular weight excluding hydrogens is 296 g/mol. The van der Waals surface area contributed by atoms with E-state index in [0.717, 1.165) is 21.6 Å². The average Bonchev–Trinajstić information content (AvgIpc) is 3.19. The van der Waals surface area contributed by atoms with E-state index in [1.54, 1.807) is 12.5 Å². The molecule has 1 aliphatic rings. The Balaban J connectivity index is 1.53. The van der Waals surface area contributed by atoms with Gasteiger partial charge in [-0.05, 0) is 17.2 Å². The summed E-state index contributed by atoms with van der Waals surface area (Å²) in [4.78, 5) is 35.8. The smallest absolute Gasteiger partial charge is 0.240 e. The Morgan fingerprint density at radius 3 is 2.35 bits per heavy atom. The first-order chi connectivity index (χ1) is 11.1. The van der Waals surface area contributed by atoms with Crippen LogP contribution in [0.15, 0.2) is 47.3 Å². The normalized spacial score (nSPS) is 14.3. The molecule has 118 valence electrons. The van der Waals surface area contributed by atoms with Gasteiger partial charge < -0.3 is 9.73 Å². The summed E-state index contributed by atoms with van der Waals surface area (Å²) >= 11 is 0. The number of hydrogen-bond donors (Lipinski definition) is 1. The predicted molar refractivity (Wildman–Crippen MR) is 81.9 cm³/mol. The number of carbonyl (C=O) groups is 3. The van der Waals surface area contributed by atoms with E-state index in [1.165, 1.54) is 0 Å². The second kappa shape index (κ2) is 6.48. The topological polar surface area (TPSA) is 79.6 Å². The highest BCUT2D eigenvalue weighted by Gasteiger charge is 2.30. The molecule has 2 heterocycles. The lowest BCUT2D eigenvalue weighted by atomic mass is 10.1. The number of hydrogen-bond acceptors (Lipinski definition) is 4. The number of benzene rings is 1. The Morgan fingerprint density at radius 1 is 1.04 bits per heavy atom. The molecule has 6 heteroatoms. The first-order valence-electron chi connectivity index (χ1n) is 7.35. The van der Waals surface area contributed by atoms with Gasteiger partial charge in [-0.1, -0.05) is 24.3 Å². The highest BCUT2D eigenvalue weighted by atomic mass is 16.3. The van der Waals surface area contributed by atoms with Crippen molar-refractivity contribution in [1.29, 1.82) is 0 Å². The molecule has 1 saturated heterocycles. The second-order valence-electron chi connectivity index (χ2n) is 5.36. The van der Waals surface area contributed by atoms with Crippen LogP contribution in [-0.2, 0) is 20.9 Å². The van der Waals surface area contributed by atoms with Crippen LogP contribution in [0.1, 0.15) is 18.4 Å². The van der Waals surface area contributed by atoms with Gasteiger partial charge in [0, 0.05) is 24.9 Å². The van der Waals surface area contributed by atoms with Crippen LogP contribution in [0.2, 0.25) is 0 Å². The van der Waals surface area contributed by atoms with Crippen LogP contribution >= 0.6 is 0 Å². The summed E-state index contributed by atoms with van der Waals surface area (Å²) in [5.74, 6) is -0.906. The largest absolute Gasteiger partial charge is 0.472 e. The van der Waals surface area contributed by atoms with Gasteiger partial charge in [-0.15, -0.1) is 0 Å². The van der Waals surface area contributed by atoms with Crippen LogP contribution in [0.25, 0.3) is 11.1 Å². The summed E-state index contributed by atoms with van der Waals surface area (Å²) in [6.07, 6.45) is 3.68. The standard InChI is InChI=1S/C17H16N2O4/c20-15(10-19-16(21)5-6-17(19)22)18-9-12-1-3-13(4-2-12)14-7-8-23-11-14/h1-4,7-8,11H,5-6,9-10H2,(H,18,20). The molecule has 0 unspecified atom stereocenters. The molecule has 0 aliphatic carbocycles. The summed E-state index contributed by atoms with van der Waals surface area (Å²) in [5, 5.41) is 2.72. The molecule has 0 bridgehead atoms. The van der Waals surface area contributed by atoms with Gasteiger partial charge in [0.2, 0.25) is 17.7 Å². The summed E-state index contributed by atoms with van der Waals surface area (Å²) in [7, 11) is 0. The molecule has 0 radical (unpaired) electrons. The minimum atomic E-state index is -0.340. The molecule has 3 amide bonds. The summed E-state index contributed by atoms with van der Waals surface area (Å²) in [6.45, 7) is 0.144. The summed E-state index contributed by atoms with van der Waals surface area (Å²) in [6, 6.07) is 9.59. The van der Waals surface area contributed by atoms with Crippen molar-refractivity contribution in [3.63, 3.8) is 0 Å². The molecule has 0 saturated carbocycles. The molecule has 6 nitrogen and oxygen atoms in total. The number of imide groups is 1. The predicted octanol–water partition coefficient (Wildman–Crippen LogP) is 1.71. The van der Waals surface area contributed by atoms with Crippen molar-refractivity contribution in [2.45, 2.75) is 19.4 Å². The fraction of sp³-hybridized carbons (Fsp3) is 0.235. The molecule has 0 spiro atoms. The number of furan rings is 1. The fourth-order valence-corrected chi connectivity index (χ4v) is 2.44. The van der Waals surface area contributed by atoms with Crippen LogP contribution < -0.4 is 5.32 Å². The van der Waals surface area contributed by atoms with Gasteiger partial charge in [0.05, 0.1) is 12.5 Å². The Morgan fingerprint density at radius 2 is 1.74 bits per heavy atom. The Hall–Kier alpha value is -2.89. The molecule has 1 fully saturated rings. The summed E-state index contributed by atoms with van der Waals surface area (Å²) < 4.78 is 5.04. The number of rotatable bonds is 5. The van der Waals surface area contributed by atoms with E-state index in [0.29, 0.717) is 6.54 Å². The molecule has 1 aromatic heterocycles. The van der Waals surface area contributed by atoms with Crippen LogP contribution in [-0.4, -0.2) is 29.2 Å². The third-order valence-corrected chi connectivity index (χ3v) is 3.75. The van der Waals surface area contributed by atoms with E-state index in [1.807, 2.05) is 30.3 Å². The van der Waals surface area contributed by atoms with E-state index in [2.05, 4.69) is 5.32 Å². The lowest BCUT2D eigenvalue weighted by Crippen LogP contribution is -2.39. The zero-order valence-electron chi connectivity index (χ0n) is 12.5. The molecular formula is C17H16N2O4. The van der Waals surface area contributed by atoms with Gasteiger partial charge in [0.15, 0.2) is 0 Å². The molecule has 0 atom stereocenters. The van der Waals surface area contributed by atoms with Crippen LogP contribution in [0, 0.1) is 0 Å². The zero-order chi connectivity index (χ0) is 16.2. The van der Waals surface area contributed by atoms with Crippen molar-refractivity contribution in [1.82, 2.24) is 10.2 Å². The van der Waals surface area contributed by atoms with Gasteiger partial charge in [-0.25, -0.2) is 0 Å². The van der Waals surface area contributed by atoms with E-state index in [-0.39, 0.29) is 37.1 Å². The van der Waals surface area contributed by atoms with Crippen molar-refractivity contribution in [2.75, 3.05) is 6.54 Å². The minimum absolute atomic E-state index is 0.196.